The molecule has 0 spiro atoms. The second-order valence-corrected chi connectivity index (χ2v) is 5.12. The second-order valence-electron chi connectivity index (χ2n) is 5.12. The largest absolute Gasteiger partial charge is 0.478 e. The van der Waals surface area contributed by atoms with Gasteiger partial charge in [-0.3, -0.25) is 0 Å². The van der Waals surface area contributed by atoms with Crippen LogP contribution in [0.4, 0.5) is 5.69 Å². The molecule has 0 bridgehead atoms. The summed E-state index contributed by atoms with van der Waals surface area (Å²) in [7, 11) is 0. The topological polar surface area (TPSA) is 46.2 Å². The van der Waals surface area contributed by atoms with Crippen LogP contribution in [0.3, 0.4) is 0 Å². The monoisotopic (exact) mass is 271 g/mol. The SMILES string of the molecule is CCOc1nccc2c(NC3CCNCC3)cccc12. The molecule has 0 saturated carbocycles. The highest BCUT2D eigenvalue weighted by atomic mass is 16.5. The van der Waals surface area contributed by atoms with Crippen LogP contribution in [0.5, 0.6) is 5.88 Å². The second kappa shape index (κ2) is 6.09. The van der Waals surface area contributed by atoms with Crippen molar-refractivity contribution >= 4 is 16.5 Å². The molecule has 0 aliphatic carbocycles. The third-order valence-electron chi connectivity index (χ3n) is 3.75. The summed E-state index contributed by atoms with van der Waals surface area (Å²) < 4.78 is 5.62. The standard InChI is InChI=1S/C16H21N3O/c1-2-20-16-14-4-3-5-15(13(14)8-11-18-16)19-12-6-9-17-10-7-12/h3-5,8,11-12,17,19H,2,6-7,9-10H2,1H3. The van der Waals surface area contributed by atoms with E-state index in [1.54, 1.807) is 0 Å². The lowest BCUT2D eigenvalue weighted by molar-refractivity contribution is 0.331. The molecule has 4 heteroatoms. The summed E-state index contributed by atoms with van der Waals surface area (Å²) in [6.45, 7) is 4.80. The summed E-state index contributed by atoms with van der Waals surface area (Å²) in [6.07, 6.45) is 4.15. The maximum Gasteiger partial charge on any atom is 0.221 e. The van der Waals surface area contributed by atoms with Gasteiger partial charge >= 0.3 is 0 Å². The summed E-state index contributed by atoms with van der Waals surface area (Å²) >= 11 is 0. The smallest absolute Gasteiger partial charge is 0.221 e. The van der Waals surface area contributed by atoms with Crippen LogP contribution in [0.25, 0.3) is 10.8 Å². The Morgan fingerprint density at radius 1 is 1.25 bits per heavy atom. The van der Waals surface area contributed by atoms with Gasteiger partial charge in [0, 0.05) is 28.7 Å². The fourth-order valence-corrected chi connectivity index (χ4v) is 2.74. The van der Waals surface area contributed by atoms with Gasteiger partial charge in [0.2, 0.25) is 5.88 Å². The van der Waals surface area contributed by atoms with E-state index in [0.717, 1.165) is 24.4 Å². The Morgan fingerprint density at radius 2 is 2.10 bits per heavy atom. The van der Waals surface area contributed by atoms with Gasteiger partial charge < -0.3 is 15.4 Å². The van der Waals surface area contributed by atoms with Crippen LogP contribution in [0.2, 0.25) is 0 Å². The van der Waals surface area contributed by atoms with Crippen molar-refractivity contribution in [1.29, 1.82) is 0 Å². The average molecular weight is 271 g/mol. The van der Waals surface area contributed by atoms with Gasteiger partial charge in [-0.25, -0.2) is 4.98 Å². The highest BCUT2D eigenvalue weighted by molar-refractivity contribution is 5.96. The Labute approximate surface area is 119 Å². The molecule has 0 amide bonds. The first-order valence-electron chi connectivity index (χ1n) is 7.36. The number of piperidine rings is 1. The fraction of sp³-hybridized carbons (Fsp3) is 0.438. The molecule has 1 saturated heterocycles. The van der Waals surface area contributed by atoms with Crippen LogP contribution >= 0.6 is 0 Å². The van der Waals surface area contributed by atoms with Gasteiger partial charge in [-0.2, -0.15) is 0 Å². The number of nitrogens with one attached hydrogen (secondary N) is 2. The molecule has 1 fully saturated rings. The molecule has 1 aliphatic rings. The minimum absolute atomic E-state index is 0.547. The fourth-order valence-electron chi connectivity index (χ4n) is 2.74. The number of fused-ring (bicyclic) bond motifs is 1. The lowest BCUT2D eigenvalue weighted by Gasteiger charge is -2.25. The van der Waals surface area contributed by atoms with E-state index in [2.05, 4.69) is 39.9 Å². The van der Waals surface area contributed by atoms with Crippen LogP contribution in [-0.4, -0.2) is 30.7 Å². The van der Waals surface area contributed by atoms with Crippen molar-refractivity contribution in [2.24, 2.45) is 0 Å². The van der Waals surface area contributed by atoms with Crippen molar-refractivity contribution in [1.82, 2.24) is 10.3 Å². The minimum atomic E-state index is 0.547. The predicted octanol–water partition coefficient (Wildman–Crippen LogP) is 2.80. The minimum Gasteiger partial charge on any atom is -0.478 e. The molecular formula is C16H21N3O. The number of anilines is 1. The predicted molar refractivity (Wildman–Crippen MR) is 82.4 cm³/mol. The van der Waals surface area contributed by atoms with Gasteiger partial charge in [-0.15, -0.1) is 0 Å². The number of pyridine rings is 1. The molecule has 106 valence electrons. The lowest BCUT2D eigenvalue weighted by Crippen LogP contribution is -2.35. The van der Waals surface area contributed by atoms with Gasteiger partial charge in [-0.1, -0.05) is 6.07 Å². The van der Waals surface area contributed by atoms with Crippen molar-refractivity contribution in [3.05, 3.63) is 30.5 Å². The van der Waals surface area contributed by atoms with Gasteiger partial charge in [0.1, 0.15) is 0 Å². The Morgan fingerprint density at radius 3 is 2.90 bits per heavy atom. The number of rotatable bonds is 4. The molecule has 3 rings (SSSR count). The summed E-state index contributed by atoms with van der Waals surface area (Å²) in [5.41, 5.74) is 1.18. The van der Waals surface area contributed by atoms with Crippen LogP contribution in [0, 0.1) is 0 Å². The van der Waals surface area contributed by atoms with Crippen molar-refractivity contribution in [3.8, 4) is 5.88 Å². The number of hydrogen-bond acceptors (Lipinski definition) is 4. The number of benzene rings is 1. The number of aromatic nitrogens is 1. The van der Waals surface area contributed by atoms with Gasteiger partial charge in [0.25, 0.3) is 0 Å². The number of ether oxygens (including phenoxy) is 1. The molecule has 4 nitrogen and oxygen atoms in total. The highest BCUT2D eigenvalue weighted by Gasteiger charge is 2.14. The van der Waals surface area contributed by atoms with Crippen molar-refractivity contribution in [3.63, 3.8) is 0 Å². The summed E-state index contributed by atoms with van der Waals surface area (Å²) in [4.78, 5) is 4.32. The number of hydrogen-bond donors (Lipinski definition) is 2. The molecule has 0 unspecified atom stereocenters. The molecule has 2 aromatic rings. The Kier molecular flexibility index (Phi) is 4.02. The molecule has 20 heavy (non-hydrogen) atoms. The van der Waals surface area contributed by atoms with Crippen molar-refractivity contribution in [2.75, 3.05) is 25.0 Å². The van der Waals surface area contributed by atoms with E-state index in [4.69, 9.17) is 4.74 Å². The maximum atomic E-state index is 5.62. The molecule has 0 radical (unpaired) electrons. The van der Waals surface area contributed by atoms with Crippen molar-refractivity contribution < 1.29 is 4.74 Å². The summed E-state index contributed by atoms with van der Waals surface area (Å²) in [6, 6.07) is 8.88. The molecule has 1 aliphatic heterocycles. The maximum absolute atomic E-state index is 5.62. The van der Waals surface area contributed by atoms with Gasteiger partial charge in [0.05, 0.1) is 6.61 Å². The normalized spacial score (nSPS) is 16.2. The van der Waals surface area contributed by atoms with E-state index in [-0.39, 0.29) is 0 Å². The molecule has 1 aromatic heterocycles. The van der Waals surface area contributed by atoms with Crippen LogP contribution < -0.4 is 15.4 Å². The molecule has 2 heterocycles. The molecule has 1 aromatic carbocycles. The average Bonchev–Trinajstić information content (AvgIpc) is 2.50. The first kappa shape index (κ1) is 13.2. The van der Waals surface area contributed by atoms with E-state index < -0.39 is 0 Å². The van der Waals surface area contributed by atoms with E-state index in [9.17, 15) is 0 Å². The molecular weight excluding hydrogens is 250 g/mol. The Balaban J connectivity index is 1.92. The molecule has 0 atom stereocenters. The Hall–Kier alpha value is -1.81. The van der Waals surface area contributed by atoms with E-state index in [1.165, 1.54) is 23.9 Å². The third-order valence-corrected chi connectivity index (χ3v) is 3.75. The zero-order chi connectivity index (χ0) is 13.8. The molecule has 2 N–H and O–H groups in total. The van der Waals surface area contributed by atoms with E-state index in [0.29, 0.717) is 12.6 Å². The zero-order valence-electron chi connectivity index (χ0n) is 11.9. The lowest BCUT2D eigenvalue weighted by atomic mass is 10.0. The number of nitrogens with zero attached hydrogens (tertiary/aromatic N) is 1. The van der Waals surface area contributed by atoms with Gasteiger partial charge in [0.15, 0.2) is 0 Å². The highest BCUT2D eigenvalue weighted by Crippen LogP contribution is 2.29. The van der Waals surface area contributed by atoms with Crippen LogP contribution in [0.15, 0.2) is 30.5 Å². The van der Waals surface area contributed by atoms with Crippen LogP contribution in [-0.2, 0) is 0 Å². The van der Waals surface area contributed by atoms with Crippen molar-refractivity contribution in [2.45, 2.75) is 25.8 Å². The third kappa shape index (κ3) is 2.70. The zero-order valence-corrected chi connectivity index (χ0v) is 11.9. The van der Waals surface area contributed by atoms with Gasteiger partial charge in [-0.05, 0) is 51.1 Å². The first-order valence-corrected chi connectivity index (χ1v) is 7.36. The first-order chi connectivity index (χ1) is 9.88. The summed E-state index contributed by atoms with van der Waals surface area (Å²) in [5.74, 6) is 0.721. The quantitative estimate of drug-likeness (QED) is 0.897. The van der Waals surface area contributed by atoms with Crippen LogP contribution in [0.1, 0.15) is 19.8 Å². The Bertz CT molecular complexity index is 579. The summed E-state index contributed by atoms with van der Waals surface area (Å²) in [5, 5.41) is 9.33. The van der Waals surface area contributed by atoms with E-state index in [1.807, 2.05) is 13.1 Å². The van der Waals surface area contributed by atoms with E-state index >= 15 is 0 Å².